The predicted molar refractivity (Wildman–Crippen MR) is 111 cm³/mol. The van der Waals surface area contributed by atoms with Gasteiger partial charge in [-0.3, -0.25) is 4.99 Å². The molecule has 0 saturated heterocycles. The van der Waals surface area contributed by atoms with E-state index in [0.29, 0.717) is 19.0 Å². The first kappa shape index (κ1) is 19.9. The van der Waals surface area contributed by atoms with Crippen LogP contribution in [-0.2, 0) is 10.0 Å². The van der Waals surface area contributed by atoms with Gasteiger partial charge in [-0.05, 0) is 36.3 Å². The minimum absolute atomic E-state index is 0.0671. The minimum atomic E-state index is -3.23. The van der Waals surface area contributed by atoms with Crippen molar-refractivity contribution < 1.29 is 8.42 Å². The van der Waals surface area contributed by atoms with Crippen LogP contribution in [0.5, 0.6) is 0 Å². The molecule has 1 saturated carbocycles. The Morgan fingerprint density at radius 2 is 2.04 bits per heavy atom. The molecule has 0 atom stereocenters. The summed E-state index contributed by atoms with van der Waals surface area (Å²) in [5, 5.41) is 3.19. The minimum Gasteiger partial charge on any atom is -0.355 e. The van der Waals surface area contributed by atoms with Gasteiger partial charge >= 0.3 is 0 Å². The van der Waals surface area contributed by atoms with Crippen molar-refractivity contribution in [2.45, 2.75) is 25.7 Å². The zero-order valence-corrected chi connectivity index (χ0v) is 16.8. The summed E-state index contributed by atoms with van der Waals surface area (Å²) < 4.78 is 26.9. The number of nitrogens with one attached hydrogen (secondary N) is 2. The lowest BCUT2D eigenvalue weighted by atomic mass is 9.86. The normalized spacial score (nSPS) is 18.8. The standard InChI is InChI=1S/C20H30N4O2S/c1-21-20(22-12-15-27(25,26)23-16-17-6-5-7-17)24-13-10-19(11-14-24)18-8-3-2-4-9-18/h2-4,8-10,17,23H,5-7,11-16H2,1H3,(H,21,22). The molecular weight excluding hydrogens is 360 g/mol. The van der Waals surface area contributed by atoms with E-state index in [2.05, 4.69) is 50.3 Å². The van der Waals surface area contributed by atoms with Crippen LogP contribution in [0, 0.1) is 5.92 Å². The third-order valence-corrected chi connectivity index (χ3v) is 6.68. The van der Waals surface area contributed by atoms with Gasteiger partial charge in [0.25, 0.3) is 0 Å². The highest BCUT2D eigenvalue weighted by molar-refractivity contribution is 7.89. The van der Waals surface area contributed by atoms with E-state index in [-0.39, 0.29) is 5.75 Å². The first-order chi connectivity index (χ1) is 13.1. The van der Waals surface area contributed by atoms with Gasteiger partial charge in [0.15, 0.2) is 5.96 Å². The van der Waals surface area contributed by atoms with Gasteiger partial charge in [-0.25, -0.2) is 13.1 Å². The van der Waals surface area contributed by atoms with Crippen molar-refractivity contribution in [3.63, 3.8) is 0 Å². The van der Waals surface area contributed by atoms with Gasteiger partial charge in [-0.15, -0.1) is 0 Å². The van der Waals surface area contributed by atoms with Crippen LogP contribution in [0.2, 0.25) is 0 Å². The van der Waals surface area contributed by atoms with E-state index in [0.717, 1.165) is 38.3 Å². The highest BCUT2D eigenvalue weighted by Crippen LogP contribution is 2.25. The zero-order chi connectivity index (χ0) is 19.1. The van der Waals surface area contributed by atoms with Gasteiger partial charge in [0.1, 0.15) is 0 Å². The summed E-state index contributed by atoms with van der Waals surface area (Å²) in [6.45, 7) is 2.58. The number of aliphatic imine (C=N–C) groups is 1. The maximum Gasteiger partial charge on any atom is 0.213 e. The van der Waals surface area contributed by atoms with E-state index < -0.39 is 10.0 Å². The number of nitrogens with zero attached hydrogens (tertiary/aromatic N) is 2. The lowest BCUT2D eigenvalue weighted by Crippen LogP contribution is -2.45. The maximum atomic E-state index is 12.1. The molecule has 0 unspecified atom stereocenters. The van der Waals surface area contributed by atoms with Gasteiger partial charge in [-0.2, -0.15) is 0 Å². The Bertz CT molecular complexity index is 770. The van der Waals surface area contributed by atoms with Crippen molar-refractivity contribution in [1.82, 2.24) is 14.9 Å². The molecule has 148 valence electrons. The Morgan fingerprint density at radius 1 is 1.26 bits per heavy atom. The van der Waals surface area contributed by atoms with Crippen LogP contribution >= 0.6 is 0 Å². The van der Waals surface area contributed by atoms with Crippen LogP contribution in [0.1, 0.15) is 31.2 Å². The number of sulfonamides is 1. The summed E-state index contributed by atoms with van der Waals surface area (Å²) in [7, 11) is -1.49. The fourth-order valence-electron chi connectivity index (χ4n) is 3.42. The fraction of sp³-hybridized carbons (Fsp3) is 0.550. The fourth-order valence-corrected chi connectivity index (χ4v) is 4.42. The quantitative estimate of drug-likeness (QED) is 0.552. The van der Waals surface area contributed by atoms with Crippen LogP contribution in [-0.4, -0.2) is 58.3 Å². The molecule has 1 aromatic rings. The topological polar surface area (TPSA) is 73.8 Å². The van der Waals surface area contributed by atoms with Crippen molar-refractivity contribution in [3.05, 3.63) is 42.0 Å². The van der Waals surface area contributed by atoms with Gasteiger partial charge in [-0.1, -0.05) is 42.8 Å². The Balaban J connectivity index is 1.45. The third-order valence-electron chi connectivity index (χ3n) is 5.34. The van der Waals surface area contributed by atoms with Crippen LogP contribution in [0.15, 0.2) is 41.4 Å². The summed E-state index contributed by atoms with van der Waals surface area (Å²) in [5.74, 6) is 1.35. The van der Waals surface area contributed by atoms with E-state index in [1.165, 1.54) is 17.6 Å². The molecule has 1 aromatic carbocycles. The first-order valence-electron chi connectivity index (χ1n) is 9.75. The molecule has 7 heteroatoms. The molecular formula is C20H30N4O2S. The van der Waals surface area contributed by atoms with Gasteiger partial charge in [0.2, 0.25) is 10.0 Å². The third kappa shape index (κ3) is 5.81. The Kier molecular flexibility index (Phi) is 6.90. The van der Waals surface area contributed by atoms with Crippen molar-refractivity contribution >= 4 is 21.6 Å². The first-order valence-corrected chi connectivity index (χ1v) is 11.4. The summed E-state index contributed by atoms with van der Waals surface area (Å²) in [4.78, 5) is 6.47. The molecule has 0 radical (unpaired) electrons. The Labute approximate surface area is 162 Å². The SMILES string of the molecule is CN=C(NCCS(=O)(=O)NCC1CCC1)N1CC=C(c2ccccc2)CC1. The van der Waals surface area contributed by atoms with Crippen molar-refractivity contribution in [2.24, 2.45) is 10.9 Å². The number of guanidine groups is 1. The van der Waals surface area contributed by atoms with Crippen molar-refractivity contribution in [2.75, 3.05) is 39.0 Å². The number of hydrogen-bond donors (Lipinski definition) is 2. The van der Waals surface area contributed by atoms with Crippen LogP contribution in [0.3, 0.4) is 0 Å². The van der Waals surface area contributed by atoms with Crippen molar-refractivity contribution in [3.8, 4) is 0 Å². The molecule has 0 bridgehead atoms. The molecule has 0 spiro atoms. The second-order valence-corrected chi connectivity index (χ2v) is 9.16. The lowest BCUT2D eigenvalue weighted by Gasteiger charge is -2.30. The molecule has 1 heterocycles. The van der Waals surface area contributed by atoms with E-state index in [4.69, 9.17) is 0 Å². The average molecular weight is 391 g/mol. The molecule has 2 aliphatic rings. The van der Waals surface area contributed by atoms with E-state index >= 15 is 0 Å². The summed E-state index contributed by atoms with van der Waals surface area (Å²) in [6, 6.07) is 10.4. The molecule has 1 aliphatic carbocycles. The van der Waals surface area contributed by atoms with Crippen molar-refractivity contribution in [1.29, 1.82) is 0 Å². The highest BCUT2D eigenvalue weighted by atomic mass is 32.2. The molecule has 1 aliphatic heterocycles. The van der Waals surface area contributed by atoms with Gasteiger partial charge in [0.05, 0.1) is 5.75 Å². The number of benzene rings is 1. The maximum absolute atomic E-state index is 12.1. The smallest absolute Gasteiger partial charge is 0.213 e. The molecule has 0 aromatic heterocycles. The largest absolute Gasteiger partial charge is 0.355 e. The van der Waals surface area contributed by atoms with Gasteiger partial charge < -0.3 is 10.2 Å². The Morgan fingerprint density at radius 3 is 2.63 bits per heavy atom. The average Bonchev–Trinajstić information content (AvgIpc) is 2.65. The zero-order valence-electron chi connectivity index (χ0n) is 16.0. The second-order valence-electron chi connectivity index (χ2n) is 7.23. The molecule has 2 N–H and O–H groups in total. The molecule has 3 rings (SSSR count). The van der Waals surface area contributed by atoms with Gasteiger partial charge in [0, 0.05) is 33.2 Å². The summed E-state index contributed by atoms with van der Waals surface area (Å²) in [6.07, 6.45) is 6.68. The lowest BCUT2D eigenvalue weighted by molar-refractivity contribution is 0.316. The molecule has 27 heavy (non-hydrogen) atoms. The summed E-state index contributed by atoms with van der Waals surface area (Å²) >= 11 is 0. The number of rotatable bonds is 7. The van der Waals surface area contributed by atoms with Crippen LogP contribution in [0.25, 0.3) is 5.57 Å². The highest BCUT2D eigenvalue weighted by Gasteiger charge is 2.21. The predicted octanol–water partition coefficient (Wildman–Crippen LogP) is 2.07. The number of hydrogen-bond acceptors (Lipinski definition) is 3. The summed E-state index contributed by atoms with van der Waals surface area (Å²) in [5.41, 5.74) is 2.62. The Hall–Kier alpha value is -1.86. The van der Waals surface area contributed by atoms with E-state index in [1.807, 2.05) is 6.07 Å². The van der Waals surface area contributed by atoms with Crippen LogP contribution in [0.4, 0.5) is 0 Å². The van der Waals surface area contributed by atoms with Crippen LogP contribution < -0.4 is 10.0 Å². The second kappa shape index (κ2) is 9.37. The molecule has 6 nitrogen and oxygen atoms in total. The monoisotopic (exact) mass is 390 g/mol. The van der Waals surface area contributed by atoms with E-state index in [9.17, 15) is 8.42 Å². The molecule has 1 fully saturated rings. The van der Waals surface area contributed by atoms with E-state index in [1.54, 1.807) is 7.05 Å². The molecule has 0 amide bonds.